The van der Waals surface area contributed by atoms with Gasteiger partial charge in [0, 0.05) is 10.6 Å². The topological polar surface area (TPSA) is 41.5 Å². The van der Waals surface area contributed by atoms with Gasteiger partial charge < -0.3 is 0 Å². The van der Waals surface area contributed by atoms with Crippen LogP contribution < -0.4 is 5.43 Å². The number of nitrogens with one attached hydrogen (secondary N) is 1. The quantitative estimate of drug-likeness (QED) is 0.551. The summed E-state index contributed by atoms with van der Waals surface area (Å²) < 4.78 is 0. The van der Waals surface area contributed by atoms with Gasteiger partial charge in [0.1, 0.15) is 0 Å². The van der Waals surface area contributed by atoms with E-state index in [1.165, 1.54) is 19.3 Å². The molecule has 2 atom stereocenters. The molecule has 4 bridgehead atoms. The molecule has 0 aliphatic heterocycles. The van der Waals surface area contributed by atoms with Gasteiger partial charge in [0.15, 0.2) is 0 Å². The number of rotatable bonds is 3. The average Bonchev–Trinajstić information content (AvgIpc) is 2.45. The molecule has 4 aliphatic carbocycles. The van der Waals surface area contributed by atoms with Gasteiger partial charge in [0.25, 0.3) is 0 Å². The molecule has 0 heterocycles. The van der Waals surface area contributed by atoms with E-state index in [1.807, 2.05) is 0 Å². The molecule has 0 aromatic heterocycles. The van der Waals surface area contributed by atoms with Gasteiger partial charge in [-0.15, -0.1) is 0 Å². The van der Waals surface area contributed by atoms with Gasteiger partial charge in [-0.1, -0.05) is 43.1 Å². The molecule has 2 unspecified atom stereocenters. The van der Waals surface area contributed by atoms with Gasteiger partial charge >= 0.3 is 0 Å². The van der Waals surface area contributed by atoms with E-state index in [0.29, 0.717) is 26.8 Å². The summed E-state index contributed by atoms with van der Waals surface area (Å²) in [5.74, 6) is 0.766. The summed E-state index contributed by atoms with van der Waals surface area (Å²) in [5.41, 5.74) is 3.93. The first-order valence-electron chi connectivity index (χ1n) is 9.00. The molecular weight excluding hydrogens is 355 g/mol. The smallest absolute Gasteiger partial charge is 0.246 e. The summed E-state index contributed by atoms with van der Waals surface area (Å²) in [6, 6.07) is 5.23. The molecule has 4 fully saturated rings. The van der Waals surface area contributed by atoms with E-state index in [1.54, 1.807) is 24.4 Å². The summed E-state index contributed by atoms with van der Waals surface area (Å²) in [4.78, 5) is 13.0. The van der Waals surface area contributed by atoms with E-state index >= 15 is 0 Å². The highest BCUT2D eigenvalue weighted by molar-refractivity contribution is 6.36. The van der Waals surface area contributed by atoms with Gasteiger partial charge in [-0.3, -0.25) is 4.79 Å². The normalized spacial score (nSPS) is 39.1. The summed E-state index contributed by atoms with van der Waals surface area (Å²) in [6.45, 7) is 4.74. The minimum atomic E-state index is -0.246. The lowest BCUT2D eigenvalue weighted by molar-refractivity contribution is -0.170. The van der Waals surface area contributed by atoms with E-state index in [9.17, 15) is 4.79 Å². The molecule has 4 saturated carbocycles. The zero-order valence-corrected chi connectivity index (χ0v) is 16.3. The number of hydrogen-bond donors (Lipinski definition) is 1. The number of carbonyl (C=O) groups excluding carboxylic acids is 1. The third-order valence-electron chi connectivity index (χ3n) is 6.44. The Bertz CT molecular complexity index is 742. The van der Waals surface area contributed by atoms with Crippen LogP contribution in [0.25, 0.3) is 0 Å². The summed E-state index contributed by atoms with van der Waals surface area (Å²) >= 11 is 12.1. The van der Waals surface area contributed by atoms with Gasteiger partial charge in [-0.2, -0.15) is 5.10 Å². The van der Waals surface area contributed by atoms with Crippen molar-refractivity contribution in [3.8, 4) is 0 Å². The number of benzene rings is 1. The van der Waals surface area contributed by atoms with E-state index in [0.717, 1.165) is 24.8 Å². The Morgan fingerprint density at radius 1 is 1.16 bits per heavy atom. The average molecular weight is 379 g/mol. The minimum absolute atomic E-state index is 0.0791. The van der Waals surface area contributed by atoms with Crippen LogP contribution >= 0.6 is 23.2 Å². The van der Waals surface area contributed by atoms with E-state index < -0.39 is 0 Å². The van der Waals surface area contributed by atoms with Crippen LogP contribution in [0.5, 0.6) is 0 Å². The van der Waals surface area contributed by atoms with Crippen molar-refractivity contribution in [2.24, 2.45) is 27.3 Å². The van der Waals surface area contributed by atoms with Crippen LogP contribution in [-0.2, 0) is 4.79 Å². The van der Waals surface area contributed by atoms with Crippen LogP contribution in [0.15, 0.2) is 23.3 Å². The van der Waals surface area contributed by atoms with Gasteiger partial charge in [0.2, 0.25) is 5.91 Å². The van der Waals surface area contributed by atoms with E-state index in [2.05, 4.69) is 24.4 Å². The Morgan fingerprint density at radius 3 is 2.44 bits per heavy atom. The van der Waals surface area contributed by atoms with Crippen molar-refractivity contribution in [2.75, 3.05) is 0 Å². The van der Waals surface area contributed by atoms with Crippen molar-refractivity contribution in [1.82, 2.24) is 5.43 Å². The third-order valence-corrected chi connectivity index (χ3v) is 7.00. The third kappa shape index (κ3) is 3.10. The molecule has 0 saturated heterocycles. The number of hydrazone groups is 1. The highest BCUT2D eigenvalue weighted by Crippen LogP contribution is 2.69. The van der Waals surface area contributed by atoms with Crippen LogP contribution in [-0.4, -0.2) is 12.1 Å². The standard InChI is InChI=1S/C20H24Cl2N2O/c1-18-6-13-7-19(2,10-18)12-20(8-13,11-18)17(25)24-23-9-14-3-4-15(21)5-16(14)22/h3-5,9,13H,6-8,10-12H2,1-2H3,(H,24,25)/b23-9+. The molecular formula is C20H24Cl2N2O. The van der Waals surface area contributed by atoms with Crippen LogP contribution in [0, 0.1) is 22.2 Å². The Hall–Kier alpha value is -1.06. The zero-order valence-electron chi connectivity index (χ0n) is 14.7. The van der Waals surface area contributed by atoms with Crippen LogP contribution in [0.4, 0.5) is 0 Å². The minimum Gasteiger partial charge on any atom is -0.273 e. The highest BCUT2D eigenvalue weighted by atomic mass is 35.5. The summed E-state index contributed by atoms with van der Waals surface area (Å²) in [5, 5.41) is 5.30. The lowest BCUT2D eigenvalue weighted by Gasteiger charge is -2.64. The van der Waals surface area contributed by atoms with Crippen molar-refractivity contribution >= 4 is 35.3 Å². The number of halogens is 2. The molecule has 5 rings (SSSR count). The molecule has 4 aliphatic rings. The summed E-state index contributed by atoms with van der Waals surface area (Å²) in [6.07, 6.45) is 8.42. The van der Waals surface area contributed by atoms with Crippen molar-refractivity contribution in [1.29, 1.82) is 0 Å². The van der Waals surface area contributed by atoms with Crippen LogP contribution in [0.1, 0.15) is 57.9 Å². The Balaban J connectivity index is 1.50. The second-order valence-corrected chi connectivity index (χ2v) is 10.1. The fourth-order valence-electron chi connectivity index (χ4n) is 6.59. The fraction of sp³-hybridized carbons (Fsp3) is 0.600. The van der Waals surface area contributed by atoms with Crippen LogP contribution in [0.2, 0.25) is 10.0 Å². The molecule has 1 aromatic carbocycles. The second kappa shape index (κ2) is 5.72. The maximum absolute atomic E-state index is 13.0. The number of nitrogens with zero attached hydrogens (tertiary/aromatic N) is 1. The molecule has 134 valence electrons. The molecule has 1 amide bonds. The molecule has 1 aromatic rings. The Morgan fingerprint density at radius 2 is 1.84 bits per heavy atom. The van der Waals surface area contributed by atoms with Gasteiger partial charge in [-0.05, 0) is 67.4 Å². The predicted octanol–water partition coefficient (Wildman–Crippen LogP) is 5.44. The number of carbonyl (C=O) groups is 1. The number of amides is 1. The van der Waals surface area contributed by atoms with Gasteiger partial charge in [-0.25, -0.2) is 5.43 Å². The first-order chi connectivity index (χ1) is 11.7. The van der Waals surface area contributed by atoms with Crippen molar-refractivity contribution in [3.63, 3.8) is 0 Å². The van der Waals surface area contributed by atoms with Crippen LogP contribution in [0.3, 0.4) is 0 Å². The number of hydrogen-bond acceptors (Lipinski definition) is 2. The molecule has 5 heteroatoms. The van der Waals surface area contributed by atoms with E-state index in [4.69, 9.17) is 23.2 Å². The monoisotopic (exact) mass is 378 g/mol. The molecule has 3 nitrogen and oxygen atoms in total. The Labute approximate surface area is 159 Å². The fourth-order valence-corrected chi connectivity index (χ4v) is 7.04. The highest BCUT2D eigenvalue weighted by Gasteiger charge is 2.62. The molecule has 0 spiro atoms. The lowest BCUT2D eigenvalue weighted by Crippen LogP contribution is -2.59. The zero-order chi connectivity index (χ0) is 17.9. The first-order valence-corrected chi connectivity index (χ1v) is 9.75. The van der Waals surface area contributed by atoms with E-state index in [-0.39, 0.29) is 11.3 Å². The first kappa shape index (κ1) is 17.4. The van der Waals surface area contributed by atoms with Crippen molar-refractivity contribution < 1.29 is 4.79 Å². The molecule has 1 N–H and O–H groups in total. The second-order valence-electron chi connectivity index (χ2n) is 9.28. The molecule has 0 radical (unpaired) electrons. The SMILES string of the molecule is CC12CC3CC(C)(C1)CC(C(=O)N/N=C/c1ccc(Cl)cc1Cl)(C3)C2. The Kier molecular flexibility index (Phi) is 3.97. The van der Waals surface area contributed by atoms with Gasteiger partial charge in [0.05, 0.1) is 16.7 Å². The van der Waals surface area contributed by atoms with Crippen molar-refractivity contribution in [2.45, 2.75) is 52.4 Å². The molecule has 25 heavy (non-hydrogen) atoms. The van der Waals surface area contributed by atoms with Crippen molar-refractivity contribution in [3.05, 3.63) is 33.8 Å². The maximum atomic E-state index is 13.0. The predicted molar refractivity (Wildman–Crippen MR) is 102 cm³/mol. The maximum Gasteiger partial charge on any atom is 0.246 e. The largest absolute Gasteiger partial charge is 0.273 e. The lowest BCUT2D eigenvalue weighted by atomic mass is 9.40. The summed E-state index contributed by atoms with van der Waals surface area (Å²) in [7, 11) is 0.